The SMILES string of the molecule is CCC(C)(CCO)NCc1c(C)nn(C)c1Cl. The molecular weight excluding hydrogens is 238 g/mol. The highest BCUT2D eigenvalue weighted by Crippen LogP contribution is 2.21. The Balaban J connectivity index is 2.72. The number of nitrogens with zero attached hydrogens (tertiary/aromatic N) is 2. The van der Waals surface area contributed by atoms with Crippen molar-refractivity contribution in [3.8, 4) is 0 Å². The topological polar surface area (TPSA) is 50.1 Å². The molecule has 0 radical (unpaired) electrons. The Labute approximate surface area is 108 Å². The smallest absolute Gasteiger partial charge is 0.131 e. The fourth-order valence-corrected chi connectivity index (χ4v) is 2.05. The third-order valence-electron chi connectivity index (χ3n) is 3.41. The van der Waals surface area contributed by atoms with E-state index >= 15 is 0 Å². The van der Waals surface area contributed by atoms with Gasteiger partial charge in [-0.15, -0.1) is 0 Å². The Morgan fingerprint density at radius 2 is 2.18 bits per heavy atom. The van der Waals surface area contributed by atoms with Crippen molar-refractivity contribution >= 4 is 11.6 Å². The van der Waals surface area contributed by atoms with Gasteiger partial charge in [0.2, 0.25) is 0 Å². The number of aliphatic hydroxyl groups is 1. The first kappa shape index (κ1) is 14.5. The van der Waals surface area contributed by atoms with Gasteiger partial charge in [0.15, 0.2) is 0 Å². The van der Waals surface area contributed by atoms with Crippen molar-refractivity contribution in [3.63, 3.8) is 0 Å². The minimum atomic E-state index is -0.0552. The Kier molecular flexibility index (Phi) is 4.98. The summed E-state index contributed by atoms with van der Waals surface area (Å²) >= 11 is 6.17. The third kappa shape index (κ3) is 3.44. The number of nitrogens with one attached hydrogen (secondary N) is 1. The molecule has 1 atom stereocenters. The maximum Gasteiger partial charge on any atom is 0.131 e. The molecule has 1 aromatic rings. The molecule has 0 saturated carbocycles. The molecule has 0 aliphatic heterocycles. The lowest BCUT2D eigenvalue weighted by atomic mass is 9.94. The van der Waals surface area contributed by atoms with Gasteiger partial charge in [-0.1, -0.05) is 18.5 Å². The molecule has 0 aliphatic rings. The van der Waals surface area contributed by atoms with Crippen LogP contribution in [0, 0.1) is 6.92 Å². The van der Waals surface area contributed by atoms with Gasteiger partial charge in [0, 0.05) is 31.3 Å². The van der Waals surface area contributed by atoms with Gasteiger partial charge in [0.05, 0.1) is 5.69 Å². The number of hydrogen-bond acceptors (Lipinski definition) is 3. The molecule has 1 heterocycles. The summed E-state index contributed by atoms with van der Waals surface area (Å²) in [6.07, 6.45) is 1.70. The van der Waals surface area contributed by atoms with E-state index in [1.807, 2.05) is 14.0 Å². The van der Waals surface area contributed by atoms with Crippen molar-refractivity contribution in [3.05, 3.63) is 16.4 Å². The average molecular weight is 260 g/mol. The molecule has 17 heavy (non-hydrogen) atoms. The van der Waals surface area contributed by atoms with Crippen molar-refractivity contribution in [2.24, 2.45) is 7.05 Å². The summed E-state index contributed by atoms with van der Waals surface area (Å²) in [5.41, 5.74) is 1.93. The minimum absolute atomic E-state index is 0.0552. The van der Waals surface area contributed by atoms with E-state index in [9.17, 15) is 0 Å². The number of aromatic nitrogens is 2. The van der Waals surface area contributed by atoms with E-state index in [0.717, 1.165) is 24.1 Å². The van der Waals surface area contributed by atoms with Gasteiger partial charge >= 0.3 is 0 Å². The fourth-order valence-electron chi connectivity index (χ4n) is 1.81. The summed E-state index contributed by atoms with van der Waals surface area (Å²) in [7, 11) is 1.84. The molecule has 1 unspecified atom stereocenters. The van der Waals surface area contributed by atoms with E-state index in [-0.39, 0.29) is 12.1 Å². The van der Waals surface area contributed by atoms with Crippen LogP contribution >= 0.6 is 11.6 Å². The van der Waals surface area contributed by atoms with Crippen LogP contribution in [0.2, 0.25) is 5.15 Å². The van der Waals surface area contributed by atoms with E-state index in [0.29, 0.717) is 11.7 Å². The number of halogens is 1. The second-order valence-electron chi connectivity index (χ2n) is 4.72. The van der Waals surface area contributed by atoms with Crippen molar-refractivity contribution in [1.82, 2.24) is 15.1 Å². The highest BCUT2D eigenvalue weighted by Gasteiger charge is 2.22. The Bertz CT molecular complexity index is 378. The average Bonchev–Trinajstić information content (AvgIpc) is 2.52. The lowest BCUT2D eigenvalue weighted by molar-refractivity contribution is 0.214. The number of aryl methyl sites for hydroxylation is 2. The normalized spacial score (nSPS) is 14.9. The molecule has 98 valence electrons. The van der Waals surface area contributed by atoms with E-state index in [4.69, 9.17) is 16.7 Å². The third-order valence-corrected chi connectivity index (χ3v) is 3.88. The van der Waals surface area contributed by atoms with Crippen LogP contribution in [0.15, 0.2) is 0 Å². The molecule has 0 spiro atoms. The van der Waals surface area contributed by atoms with Crippen LogP contribution < -0.4 is 5.32 Å². The van der Waals surface area contributed by atoms with Crippen LogP contribution in [0.3, 0.4) is 0 Å². The number of hydrogen-bond donors (Lipinski definition) is 2. The quantitative estimate of drug-likeness (QED) is 0.822. The molecule has 0 saturated heterocycles. The van der Waals surface area contributed by atoms with Crippen LogP contribution in [0.1, 0.15) is 37.9 Å². The summed E-state index contributed by atoms with van der Waals surface area (Å²) in [6, 6.07) is 0. The molecule has 0 amide bonds. The van der Waals surface area contributed by atoms with E-state index in [2.05, 4.69) is 24.3 Å². The zero-order valence-corrected chi connectivity index (χ0v) is 11.8. The summed E-state index contributed by atoms with van der Waals surface area (Å²) < 4.78 is 1.68. The van der Waals surface area contributed by atoms with Gasteiger partial charge in [-0.2, -0.15) is 5.10 Å². The van der Waals surface area contributed by atoms with E-state index in [1.54, 1.807) is 4.68 Å². The lowest BCUT2D eigenvalue weighted by Gasteiger charge is -2.29. The monoisotopic (exact) mass is 259 g/mol. The van der Waals surface area contributed by atoms with Crippen LogP contribution in [0.5, 0.6) is 0 Å². The maximum absolute atomic E-state index is 9.06. The fraction of sp³-hybridized carbons (Fsp3) is 0.750. The standard InChI is InChI=1S/C12H22ClN3O/c1-5-12(3,6-7-17)14-8-10-9(2)15-16(4)11(10)13/h14,17H,5-8H2,1-4H3. The van der Waals surface area contributed by atoms with Crippen molar-refractivity contribution in [2.75, 3.05) is 6.61 Å². The summed E-state index contributed by atoms with van der Waals surface area (Å²) in [4.78, 5) is 0. The van der Waals surface area contributed by atoms with Crippen molar-refractivity contribution < 1.29 is 5.11 Å². The van der Waals surface area contributed by atoms with Gasteiger partial charge in [-0.25, -0.2) is 0 Å². The number of rotatable bonds is 6. The first-order valence-corrected chi connectivity index (χ1v) is 6.35. The number of aliphatic hydroxyl groups excluding tert-OH is 1. The Morgan fingerprint density at radius 1 is 1.53 bits per heavy atom. The first-order valence-electron chi connectivity index (χ1n) is 5.97. The van der Waals surface area contributed by atoms with Crippen molar-refractivity contribution in [1.29, 1.82) is 0 Å². The maximum atomic E-state index is 9.06. The molecule has 0 aliphatic carbocycles. The largest absolute Gasteiger partial charge is 0.396 e. The molecule has 0 aromatic carbocycles. The van der Waals surface area contributed by atoms with Crippen LogP contribution in [-0.4, -0.2) is 27.0 Å². The zero-order chi connectivity index (χ0) is 13.1. The molecule has 1 aromatic heterocycles. The van der Waals surface area contributed by atoms with Crippen LogP contribution in [0.25, 0.3) is 0 Å². The van der Waals surface area contributed by atoms with Crippen molar-refractivity contribution in [2.45, 2.75) is 45.7 Å². The van der Waals surface area contributed by atoms with E-state index < -0.39 is 0 Å². The molecule has 5 heteroatoms. The molecular formula is C12H22ClN3O. The van der Waals surface area contributed by atoms with Gasteiger partial charge in [-0.3, -0.25) is 4.68 Å². The second-order valence-corrected chi connectivity index (χ2v) is 5.08. The summed E-state index contributed by atoms with van der Waals surface area (Å²) in [6.45, 7) is 7.06. The molecule has 1 rings (SSSR count). The Morgan fingerprint density at radius 3 is 2.59 bits per heavy atom. The van der Waals surface area contributed by atoms with Gasteiger partial charge < -0.3 is 10.4 Å². The predicted molar refractivity (Wildman–Crippen MR) is 70.2 cm³/mol. The zero-order valence-electron chi connectivity index (χ0n) is 11.0. The molecule has 0 bridgehead atoms. The highest BCUT2D eigenvalue weighted by atomic mass is 35.5. The molecule has 2 N–H and O–H groups in total. The molecule has 0 fully saturated rings. The van der Waals surface area contributed by atoms with Crippen LogP contribution in [-0.2, 0) is 13.6 Å². The predicted octanol–water partition coefficient (Wildman–Crippen LogP) is 2.02. The molecule has 4 nitrogen and oxygen atoms in total. The summed E-state index contributed by atoms with van der Waals surface area (Å²) in [5, 5.41) is 17.5. The van der Waals surface area contributed by atoms with Gasteiger partial charge in [0.1, 0.15) is 5.15 Å². The van der Waals surface area contributed by atoms with E-state index in [1.165, 1.54) is 0 Å². The van der Waals surface area contributed by atoms with Crippen LogP contribution in [0.4, 0.5) is 0 Å². The first-order chi connectivity index (χ1) is 7.93. The lowest BCUT2D eigenvalue weighted by Crippen LogP contribution is -2.42. The second kappa shape index (κ2) is 5.85. The minimum Gasteiger partial charge on any atom is -0.396 e. The van der Waals surface area contributed by atoms with Gasteiger partial charge in [-0.05, 0) is 26.7 Å². The highest BCUT2D eigenvalue weighted by molar-refractivity contribution is 6.30. The van der Waals surface area contributed by atoms with Gasteiger partial charge in [0.25, 0.3) is 0 Å². The summed E-state index contributed by atoms with van der Waals surface area (Å²) in [5.74, 6) is 0. The Hall–Kier alpha value is -0.580.